The molecular formula is C11H21NS. The quantitative estimate of drug-likeness (QED) is 0.657. The molecule has 1 unspecified atom stereocenters. The summed E-state index contributed by atoms with van der Waals surface area (Å²) in [6, 6.07) is 0. The molecule has 76 valence electrons. The Kier molecular flexibility index (Phi) is 6.17. The van der Waals surface area contributed by atoms with Crippen LogP contribution in [0.15, 0.2) is 12.3 Å². The fourth-order valence-electron chi connectivity index (χ4n) is 1.54. The molecule has 0 aromatic carbocycles. The van der Waals surface area contributed by atoms with Gasteiger partial charge in [-0.1, -0.05) is 45.1 Å². The summed E-state index contributed by atoms with van der Waals surface area (Å²) >= 11 is 2.03. The van der Waals surface area contributed by atoms with Crippen LogP contribution in [0.4, 0.5) is 0 Å². The summed E-state index contributed by atoms with van der Waals surface area (Å²) in [5, 5.41) is 4.08. The van der Waals surface area contributed by atoms with E-state index in [1.54, 1.807) is 0 Å². The number of unbranched alkanes of at least 4 members (excludes halogenated alkanes) is 4. The van der Waals surface area contributed by atoms with Gasteiger partial charge in [0.2, 0.25) is 0 Å². The van der Waals surface area contributed by atoms with Gasteiger partial charge in [0.25, 0.3) is 0 Å². The third-order valence-electron chi connectivity index (χ3n) is 2.36. The zero-order valence-corrected chi connectivity index (χ0v) is 9.41. The van der Waals surface area contributed by atoms with Gasteiger partial charge >= 0.3 is 0 Å². The van der Waals surface area contributed by atoms with Crippen molar-refractivity contribution >= 4 is 11.8 Å². The Balaban J connectivity index is 1.90. The maximum Gasteiger partial charge on any atom is 0.0720 e. The Hall–Kier alpha value is -0.110. The first-order valence-electron chi connectivity index (χ1n) is 5.46. The highest BCUT2D eigenvalue weighted by Crippen LogP contribution is 2.18. The second-order valence-corrected chi connectivity index (χ2v) is 4.83. The van der Waals surface area contributed by atoms with Gasteiger partial charge < -0.3 is 5.32 Å². The van der Waals surface area contributed by atoms with Crippen LogP contribution in [0.3, 0.4) is 0 Å². The first-order valence-corrected chi connectivity index (χ1v) is 6.51. The maximum atomic E-state index is 3.39. The van der Waals surface area contributed by atoms with Crippen LogP contribution in [-0.2, 0) is 0 Å². The predicted octanol–water partition coefficient (Wildman–Crippen LogP) is 3.52. The van der Waals surface area contributed by atoms with Crippen LogP contribution in [0, 0.1) is 0 Å². The summed E-state index contributed by atoms with van der Waals surface area (Å²) in [5.41, 5.74) is 0. The van der Waals surface area contributed by atoms with E-state index < -0.39 is 0 Å². The van der Waals surface area contributed by atoms with Gasteiger partial charge in [-0.2, -0.15) is 0 Å². The minimum atomic E-state index is 0.687. The smallest absolute Gasteiger partial charge is 0.0720 e. The van der Waals surface area contributed by atoms with E-state index in [-0.39, 0.29) is 0 Å². The third-order valence-corrected chi connectivity index (χ3v) is 3.52. The van der Waals surface area contributed by atoms with Gasteiger partial charge in [0, 0.05) is 5.75 Å². The summed E-state index contributed by atoms with van der Waals surface area (Å²) in [6.07, 6.45) is 12.6. The normalized spacial score (nSPS) is 21.5. The molecule has 1 aliphatic rings. The summed E-state index contributed by atoms with van der Waals surface area (Å²) in [7, 11) is 0. The summed E-state index contributed by atoms with van der Waals surface area (Å²) in [6.45, 7) is 2.27. The van der Waals surface area contributed by atoms with E-state index in [1.165, 1.54) is 44.3 Å². The Bertz CT molecular complexity index is 145. The van der Waals surface area contributed by atoms with Gasteiger partial charge in [0.1, 0.15) is 0 Å². The number of nitrogens with one attached hydrogen (secondary N) is 1. The van der Waals surface area contributed by atoms with Crippen LogP contribution in [0.2, 0.25) is 0 Å². The molecule has 0 aromatic rings. The number of thioether (sulfide) groups is 1. The van der Waals surface area contributed by atoms with Gasteiger partial charge in [0.15, 0.2) is 0 Å². The van der Waals surface area contributed by atoms with E-state index in [9.17, 15) is 0 Å². The molecule has 0 fully saturated rings. The Morgan fingerprint density at radius 1 is 1.31 bits per heavy atom. The molecule has 0 saturated heterocycles. The fourth-order valence-corrected chi connectivity index (χ4v) is 2.49. The zero-order chi connectivity index (χ0) is 9.36. The molecule has 1 heterocycles. The lowest BCUT2D eigenvalue weighted by molar-refractivity contribution is 0.580. The van der Waals surface area contributed by atoms with Crippen molar-refractivity contribution in [2.75, 3.05) is 5.75 Å². The molecule has 1 atom stereocenters. The molecule has 0 aliphatic carbocycles. The first-order chi connectivity index (χ1) is 6.43. The van der Waals surface area contributed by atoms with Crippen molar-refractivity contribution in [2.45, 2.75) is 50.8 Å². The molecule has 1 rings (SSSR count). The molecule has 0 saturated carbocycles. The lowest BCUT2D eigenvalue weighted by Gasteiger charge is -2.19. The van der Waals surface area contributed by atoms with E-state index >= 15 is 0 Å². The number of hydrogen-bond donors (Lipinski definition) is 1. The summed E-state index contributed by atoms with van der Waals surface area (Å²) in [5.74, 6) is 1.19. The molecule has 1 aliphatic heterocycles. The van der Waals surface area contributed by atoms with Crippen LogP contribution in [-0.4, -0.2) is 11.1 Å². The number of rotatable bonds is 6. The molecular weight excluding hydrogens is 178 g/mol. The van der Waals surface area contributed by atoms with Gasteiger partial charge in [-0.05, 0) is 12.6 Å². The predicted molar refractivity (Wildman–Crippen MR) is 61.9 cm³/mol. The minimum Gasteiger partial charge on any atom is -0.379 e. The lowest BCUT2D eigenvalue weighted by atomic mass is 10.1. The molecule has 1 N–H and O–H groups in total. The monoisotopic (exact) mass is 199 g/mol. The van der Waals surface area contributed by atoms with E-state index in [0.717, 1.165) is 0 Å². The summed E-state index contributed by atoms with van der Waals surface area (Å²) in [4.78, 5) is 0. The van der Waals surface area contributed by atoms with Crippen molar-refractivity contribution < 1.29 is 0 Å². The van der Waals surface area contributed by atoms with E-state index in [2.05, 4.69) is 24.5 Å². The SMILES string of the molecule is CCCCCCCC1NC=CCS1. The van der Waals surface area contributed by atoms with E-state index in [1.807, 2.05) is 11.8 Å². The molecule has 2 heteroatoms. The van der Waals surface area contributed by atoms with Crippen molar-refractivity contribution in [1.82, 2.24) is 5.32 Å². The van der Waals surface area contributed by atoms with Crippen LogP contribution >= 0.6 is 11.8 Å². The third kappa shape index (κ3) is 5.25. The van der Waals surface area contributed by atoms with Crippen LogP contribution in [0.1, 0.15) is 45.4 Å². The molecule has 0 aromatic heterocycles. The molecule has 0 radical (unpaired) electrons. The maximum absolute atomic E-state index is 3.39. The molecule has 13 heavy (non-hydrogen) atoms. The van der Waals surface area contributed by atoms with Crippen molar-refractivity contribution in [2.24, 2.45) is 0 Å². The zero-order valence-electron chi connectivity index (χ0n) is 8.59. The van der Waals surface area contributed by atoms with Crippen LogP contribution in [0.25, 0.3) is 0 Å². The molecule has 0 spiro atoms. The van der Waals surface area contributed by atoms with Gasteiger partial charge in [-0.15, -0.1) is 11.8 Å². The summed E-state index contributed by atoms with van der Waals surface area (Å²) < 4.78 is 0. The van der Waals surface area contributed by atoms with Crippen molar-refractivity contribution in [3.63, 3.8) is 0 Å². The highest BCUT2D eigenvalue weighted by molar-refractivity contribution is 8.00. The van der Waals surface area contributed by atoms with Gasteiger partial charge in [0.05, 0.1) is 5.37 Å². The Morgan fingerprint density at radius 2 is 2.15 bits per heavy atom. The van der Waals surface area contributed by atoms with Gasteiger partial charge in [-0.25, -0.2) is 0 Å². The second kappa shape index (κ2) is 7.31. The highest BCUT2D eigenvalue weighted by Gasteiger charge is 2.07. The molecule has 0 amide bonds. The van der Waals surface area contributed by atoms with Crippen LogP contribution < -0.4 is 5.32 Å². The lowest BCUT2D eigenvalue weighted by Crippen LogP contribution is -2.23. The van der Waals surface area contributed by atoms with Crippen molar-refractivity contribution in [3.8, 4) is 0 Å². The average molecular weight is 199 g/mol. The molecule has 1 nitrogen and oxygen atoms in total. The molecule has 0 bridgehead atoms. The number of hydrogen-bond acceptors (Lipinski definition) is 2. The fraction of sp³-hybridized carbons (Fsp3) is 0.818. The largest absolute Gasteiger partial charge is 0.379 e. The highest BCUT2D eigenvalue weighted by atomic mass is 32.2. The van der Waals surface area contributed by atoms with Gasteiger partial charge in [-0.3, -0.25) is 0 Å². The Labute approximate surface area is 86.4 Å². The van der Waals surface area contributed by atoms with Crippen LogP contribution in [0.5, 0.6) is 0 Å². The first kappa shape index (κ1) is 11.0. The standard InChI is InChI=1S/C11H21NS/c1-2-3-4-5-6-8-11-12-9-7-10-13-11/h7,9,11-12H,2-6,8,10H2,1H3. The Morgan fingerprint density at radius 3 is 2.85 bits per heavy atom. The van der Waals surface area contributed by atoms with E-state index in [0.29, 0.717) is 5.37 Å². The van der Waals surface area contributed by atoms with Crippen molar-refractivity contribution in [1.29, 1.82) is 0 Å². The van der Waals surface area contributed by atoms with Crippen molar-refractivity contribution in [3.05, 3.63) is 12.3 Å². The topological polar surface area (TPSA) is 12.0 Å². The minimum absolute atomic E-state index is 0.687. The average Bonchev–Trinajstić information content (AvgIpc) is 2.19. The second-order valence-electron chi connectivity index (χ2n) is 3.59. The van der Waals surface area contributed by atoms with E-state index in [4.69, 9.17) is 0 Å².